The Morgan fingerprint density at radius 3 is 2.64 bits per heavy atom. The van der Waals surface area contributed by atoms with E-state index in [2.05, 4.69) is 10.1 Å². The first-order valence-corrected chi connectivity index (χ1v) is 4.20. The quantitative estimate of drug-likeness (QED) is 0.643. The summed E-state index contributed by atoms with van der Waals surface area (Å²) in [4.78, 5) is 15.9. The molecule has 72 valence electrons. The van der Waals surface area contributed by atoms with Crippen molar-refractivity contribution in [1.82, 2.24) is 19.3 Å². The molecular formula is C9H10N4O. The first-order valence-electron chi connectivity index (χ1n) is 4.20. The van der Waals surface area contributed by atoms with Gasteiger partial charge in [0.1, 0.15) is 5.69 Å². The Labute approximate surface area is 81.0 Å². The lowest BCUT2D eigenvalue weighted by molar-refractivity contribution is 0.101. The Balaban J connectivity index is 2.44. The molecule has 2 heterocycles. The van der Waals surface area contributed by atoms with Crippen LogP contribution >= 0.6 is 0 Å². The van der Waals surface area contributed by atoms with Gasteiger partial charge in [0.2, 0.25) is 5.78 Å². The van der Waals surface area contributed by atoms with Gasteiger partial charge in [0, 0.05) is 32.7 Å². The molecular weight excluding hydrogens is 180 g/mol. The van der Waals surface area contributed by atoms with E-state index in [-0.39, 0.29) is 5.78 Å². The number of nitrogens with zero attached hydrogens (tertiary/aromatic N) is 4. The van der Waals surface area contributed by atoms with Crippen molar-refractivity contribution in [2.75, 3.05) is 0 Å². The number of carbonyl (C=O) groups is 1. The van der Waals surface area contributed by atoms with Gasteiger partial charge in [-0.3, -0.25) is 9.48 Å². The number of aromatic nitrogens is 4. The van der Waals surface area contributed by atoms with Crippen LogP contribution in [0.5, 0.6) is 0 Å². The third-order valence-electron chi connectivity index (χ3n) is 2.08. The van der Waals surface area contributed by atoms with Gasteiger partial charge in [-0.05, 0) is 6.07 Å². The van der Waals surface area contributed by atoms with Crippen molar-refractivity contribution in [2.24, 2.45) is 14.1 Å². The number of hydrogen-bond donors (Lipinski definition) is 0. The number of ketones is 1. The Bertz CT molecular complexity index is 426. The molecule has 0 aliphatic rings. The molecule has 2 aromatic rings. The summed E-state index contributed by atoms with van der Waals surface area (Å²) in [7, 11) is 3.52. The molecule has 0 atom stereocenters. The second-order valence-corrected chi connectivity index (χ2v) is 3.03. The van der Waals surface area contributed by atoms with E-state index in [1.54, 1.807) is 43.3 Å². The van der Waals surface area contributed by atoms with Gasteiger partial charge in [0.15, 0.2) is 5.82 Å². The molecule has 0 saturated heterocycles. The lowest BCUT2D eigenvalue weighted by atomic mass is 10.2. The number of carbonyl (C=O) groups excluding carboxylic acids is 1. The Hall–Kier alpha value is -1.91. The maximum Gasteiger partial charge on any atom is 0.246 e. The van der Waals surface area contributed by atoms with E-state index < -0.39 is 0 Å². The molecule has 0 amide bonds. The molecule has 14 heavy (non-hydrogen) atoms. The second-order valence-electron chi connectivity index (χ2n) is 3.03. The average molecular weight is 190 g/mol. The molecule has 0 aliphatic heterocycles. The maximum atomic E-state index is 11.9. The van der Waals surface area contributed by atoms with Crippen molar-refractivity contribution < 1.29 is 4.79 Å². The molecule has 0 unspecified atom stereocenters. The van der Waals surface area contributed by atoms with Crippen molar-refractivity contribution >= 4 is 5.78 Å². The minimum absolute atomic E-state index is 0.113. The largest absolute Gasteiger partial charge is 0.331 e. The minimum atomic E-state index is -0.113. The summed E-state index contributed by atoms with van der Waals surface area (Å²) in [5.41, 5.74) is 0.541. The lowest BCUT2D eigenvalue weighted by Crippen LogP contribution is -2.12. The zero-order valence-electron chi connectivity index (χ0n) is 8.01. The van der Waals surface area contributed by atoms with Crippen LogP contribution in [0, 0.1) is 0 Å². The van der Waals surface area contributed by atoms with Crippen molar-refractivity contribution in [3.05, 3.63) is 36.2 Å². The molecule has 0 aromatic carbocycles. The summed E-state index contributed by atoms with van der Waals surface area (Å²) < 4.78 is 3.23. The molecule has 0 saturated carbocycles. The molecule has 2 aromatic heterocycles. The van der Waals surface area contributed by atoms with Crippen molar-refractivity contribution in [3.63, 3.8) is 0 Å². The Morgan fingerprint density at radius 1 is 1.36 bits per heavy atom. The highest BCUT2D eigenvalue weighted by Gasteiger charge is 2.16. The summed E-state index contributed by atoms with van der Waals surface area (Å²) in [6, 6.07) is 1.68. The fraction of sp³-hybridized carbons (Fsp3) is 0.222. The van der Waals surface area contributed by atoms with Crippen molar-refractivity contribution in [1.29, 1.82) is 0 Å². The van der Waals surface area contributed by atoms with E-state index in [1.165, 1.54) is 4.68 Å². The van der Waals surface area contributed by atoms with Crippen LogP contribution in [-0.4, -0.2) is 25.1 Å². The molecule has 5 heteroatoms. The minimum Gasteiger partial charge on any atom is -0.331 e. The molecule has 0 fully saturated rings. The molecule has 0 bridgehead atoms. The van der Waals surface area contributed by atoms with Crippen LogP contribution in [0.15, 0.2) is 24.7 Å². The first kappa shape index (κ1) is 8.68. The highest BCUT2D eigenvalue weighted by molar-refractivity contribution is 6.05. The summed E-state index contributed by atoms with van der Waals surface area (Å²) in [6.07, 6.45) is 4.93. The maximum absolute atomic E-state index is 11.9. The Kier molecular flexibility index (Phi) is 1.92. The average Bonchev–Trinajstić information content (AvgIpc) is 2.73. The van der Waals surface area contributed by atoms with Crippen LogP contribution in [0.3, 0.4) is 0 Å². The van der Waals surface area contributed by atoms with Crippen LogP contribution < -0.4 is 0 Å². The van der Waals surface area contributed by atoms with E-state index in [0.29, 0.717) is 11.5 Å². The van der Waals surface area contributed by atoms with Crippen LogP contribution in [0.2, 0.25) is 0 Å². The van der Waals surface area contributed by atoms with E-state index >= 15 is 0 Å². The van der Waals surface area contributed by atoms with Crippen LogP contribution in [0.4, 0.5) is 0 Å². The van der Waals surface area contributed by atoms with Gasteiger partial charge in [0.25, 0.3) is 0 Å². The third kappa shape index (κ3) is 1.22. The van der Waals surface area contributed by atoms with Crippen LogP contribution in [0.1, 0.15) is 16.3 Å². The topological polar surface area (TPSA) is 52.7 Å². The van der Waals surface area contributed by atoms with Crippen molar-refractivity contribution in [3.8, 4) is 0 Å². The molecule has 0 N–H and O–H groups in total. The van der Waals surface area contributed by atoms with E-state index in [4.69, 9.17) is 0 Å². The zero-order chi connectivity index (χ0) is 10.1. The molecule has 0 spiro atoms. The number of rotatable bonds is 2. The van der Waals surface area contributed by atoms with Gasteiger partial charge < -0.3 is 4.57 Å². The zero-order valence-corrected chi connectivity index (χ0v) is 8.01. The number of hydrogen-bond acceptors (Lipinski definition) is 3. The van der Waals surface area contributed by atoms with Gasteiger partial charge in [-0.25, -0.2) is 4.98 Å². The van der Waals surface area contributed by atoms with E-state index in [0.717, 1.165) is 0 Å². The monoisotopic (exact) mass is 190 g/mol. The predicted octanol–water partition coefficient (Wildman–Crippen LogP) is 0.385. The van der Waals surface area contributed by atoms with Crippen LogP contribution in [0.25, 0.3) is 0 Å². The van der Waals surface area contributed by atoms with Gasteiger partial charge in [-0.1, -0.05) is 0 Å². The standard InChI is InChI=1S/C9H10N4O/c1-12-6-5-10-9(12)8(14)7-3-4-11-13(7)2/h3-6H,1-2H3. The summed E-state index contributed by atoms with van der Waals surface area (Å²) >= 11 is 0. The van der Waals surface area contributed by atoms with Gasteiger partial charge in [0.05, 0.1) is 0 Å². The smallest absolute Gasteiger partial charge is 0.246 e. The normalized spacial score (nSPS) is 10.4. The highest BCUT2D eigenvalue weighted by atomic mass is 16.1. The molecule has 0 radical (unpaired) electrons. The Morgan fingerprint density at radius 2 is 2.14 bits per heavy atom. The van der Waals surface area contributed by atoms with Crippen LogP contribution in [-0.2, 0) is 14.1 Å². The molecule has 0 aliphatic carbocycles. The second kappa shape index (κ2) is 3.10. The van der Waals surface area contributed by atoms with E-state index in [1.807, 2.05) is 0 Å². The fourth-order valence-corrected chi connectivity index (χ4v) is 1.30. The predicted molar refractivity (Wildman–Crippen MR) is 49.8 cm³/mol. The molecule has 5 nitrogen and oxygen atoms in total. The van der Waals surface area contributed by atoms with Gasteiger partial charge >= 0.3 is 0 Å². The summed E-state index contributed by atoms with van der Waals surface area (Å²) in [5, 5.41) is 3.94. The number of imidazole rings is 1. The summed E-state index contributed by atoms with van der Waals surface area (Å²) in [6.45, 7) is 0. The highest BCUT2D eigenvalue weighted by Crippen LogP contribution is 2.05. The number of aryl methyl sites for hydroxylation is 2. The fourth-order valence-electron chi connectivity index (χ4n) is 1.30. The lowest BCUT2D eigenvalue weighted by Gasteiger charge is -2.00. The first-order chi connectivity index (χ1) is 6.70. The third-order valence-corrected chi connectivity index (χ3v) is 2.08. The van der Waals surface area contributed by atoms with E-state index in [9.17, 15) is 4.79 Å². The molecule has 2 rings (SSSR count). The summed E-state index contributed by atoms with van der Waals surface area (Å²) in [5.74, 6) is 0.311. The van der Waals surface area contributed by atoms with Gasteiger partial charge in [-0.15, -0.1) is 0 Å². The van der Waals surface area contributed by atoms with Gasteiger partial charge in [-0.2, -0.15) is 5.10 Å². The SMILES string of the molecule is Cn1ccnc1C(=O)c1ccnn1C. The van der Waals surface area contributed by atoms with Crippen molar-refractivity contribution in [2.45, 2.75) is 0 Å².